The van der Waals surface area contributed by atoms with Gasteiger partial charge in [0.25, 0.3) is 0 Å². The van der Waals surface area contributed by atoms with Gasteiger partial charge in [-0.3, -0.25) is 9.59 Å². The van der Waals surface area contributed by atoms with Gasteiger partial charge in [0.05, 0.1) is 5.54 Å². The fourth-order valence-corrected chi connectivity index (χ4v) is 2.01. The van der Waals surface area contributed by atoms with Gasteiger partial charge in [0.2, 0.25) is 0 Å². The number of hydrogen-bond donors (Lipinski definition) is 1. The lowest BCUT2D eigenvalue weighted by molar-refractivity contribution is -0.946. The van der Waals surface area contributed by atoms with E-state index in [1.807, 2.05) is 59.0 Å². The Hall–Kier alpha value is 0.360. The second kappa shape index (κ2) is 10.2. The zero-order valence-electron chi connectivity index (χ0n) is 13.4. The van der Waals surface area contributed by atoms with Gasteiger partial charge in [0.1, 0.15) is 34.2 Å². The highest BCUT2D eigenvalue weighted by Crippen LogP contribution is 2.01. The number of nitrogens with one attached hydrogen (secondary N) is 1. The molecule has 2 unspecified atom stereocenters. The summed E-state index contributed by atoms with van der Waals surface area (Å²) in [5.74, 6) is -0.372. The van der Waals surface area contributed by atoms with Gasteiger partial charge in [-0.25, -0.2) is 0 Å². The molecule has 0 bridgehead atoms. The van der Waals surface area contributed by atoms with E-state index in [2.05, 4.69) is 20.8 Å². The molecule has 0 amide bonds. The first kappa shape index (κ1) is 21.4. The van der Waals surface area contributed by atoms with Gasteiger partial charge >= 0.3 is 11.9 Å². The molecular weight excluding hydrogens is 500 g/mol. The van der Waals surface area contributed by atoms with E-state index >= 15 is 0 Å². The number of esters is 2. The summed E-state index contributed by atoms with van der Waals surface area (Å²) in [6, 6.07) is 0. The molecule has 0 radical (unpaired) electrons. The van der Waals surface area contributed by atoms with Crippen LogP contribution in [0.3, 0.4) is 0 Å². The lowest BCUT2D eigenvalue weighted by atomic mass is 10.1. The van der Waals surface area contributed by atoms with Gasteiger partial charge in [0, 0.05) is 0 Å². The van der Waals surface area contributed by atoms with E-state index in [1.54, 1.807) is 0 Å². The van der Waals surface area contributed by atoms with Gasteiger partial charge in [-0.15, -0.1) is 0 Å². The Morgan fingerprint density at radius 2 is 1.29 bits per heavy atom. The molecule has 0 aliphatic carbocycles. The molecule has 0 aromatic carbocycles. The Morgan fingerprint density at radius 1 is 0.952 bits per heavy atom. The van der Waals surface area contributed by atoms with Crippen LogP contribution in [-0.2, 0) is 19.1 Å². The maximum atomic E-state index is 11.4. The van der Waals surface area contributed by atoms with E-state index in [0.29, 0.717) is 26.3 Å². The van der Waals surface area contributed by atoms with Crippen molar-refractivity contribution in [2.75, 3.05) is 26.3 Å². The van der Waals surface area contributed by atoms with Crippen molar-refractivity contribution in [3.63, 3.8) is 0 Å². The van der Waals surface area contributed by atoms with Gasteiger partial charge < -0.3 is 14.4 Å². The van der Waals surface area contributed by atoms with Crippen LogP contribution in [-0.4, -0.2) is 51.6 Å². The number of rotatable bonds is 8. The summed E-state index contributed by atoms with van der Waals surface area (Å²) in [5, 5.41) is 0. The first-order chi connectivity index (χ1) is 9.55. The molecule has 21 heavy (non-hydrogen) atoms. The molecule has 0 spiro atoms. The predicted molar refractivity (Wildman–Crippen MR) is 99.3 cm³/mol. The molecule has 0 aliphatic rings. The Balaban J connectivity index is 4.23. The average molecular weight is 526 g/mol. The number of hydrogen-bond acceptors (Lipinski definition) is 4. The first-order valence-electron chi connectivity index (χ1n) is 7.02. The van der Waals surface area contributed by atoms with Crippen LogP contribution in [0.5, 0.6) is 0 Å². The third-order valence-electron chi connectivity index (χ3n) is 3.01. The summed E-state index contributed by atoms with van der Waals surface area (Å²) in [6.45, 7) is 12.1. The molecule has 0 heterocycles. The van der Waals surface area contributed by atoms with Crippen molar-refractivity contribution in [1.29, 1.82) is 0 Å². The van der Waals surface area contributed by atoms with Crippen molar-refractivity contribution in [1.82, 2.24) is 0 Å². The minimum absolute atomic E-state index is 0.00466. The quantitative estimate of drug-likeness (QED) is 0.296. The Bertz CT molecular complexity index is 314. The number of ether oxygens (including phenoxy) is 2. The van der Waals surface area contributed by atoms with Gasteiger partial charge in [-0.05, 0) is 34.6 Å². The van der Waals surface area contributed by atoms with Gasteiger partial charge in [-0.2, -0.15) is 0 Å². The maximum absolute atomic E-state index is 11.4. The molecule has 5 nitrogen and oxygen atoms in total. The van der Waals surface area contributed by atoms with Crippen LogP contribution >= 0.6 is 45.2 Å². The van der Waals surface area contributed by atoms with E-state index in [1.165, 1.54) is 4.90 Å². The zero-order valence-corrected chi connectivity index (χ0v) is 17.7. The molecule has 0 aromatic heterocycles. The Morgan fingerprint density at radius 3 is 1.52 bits per heavy atom. The molecule has 124 valence electrons. The van der Waals surface area contributed by atoms with Crippen LogP contribution in [0.15, 0.2) is 0 Å². The molecule has 0 fully saturated rings. The van der Waals surface area contributed by atoms with Crippen molar-refractivity contribution < 1.29 is 24.0 Å². The number of quaternary nitrogens is 1. The topological polar surface area (TPSA) is 57.0 Å². The molecule has 0 saturated carbocycles. The van der Waals surface area contributed by atoms with Crippen LogP contribution in [0.4, 0.5) is 0 Å². The molecule has 2 atom stereocenters. The smallest absolute Gasteiger partial charge is 0.318 e. The van der Waals surface area contributed by atoms with Crippen LogP contribution in [0.1, 0.15) is 34.6 Å². The minimum Gasteiger partial charge on any atom is -0.459 e. The third kappa shape index (κ3) is 9.88. The minimum atomic E-state index is -0.186. The SMILES string of the molecule is CC(I)C(=O)OCC[NH+](CCOC(=O)C(C)I)C(C)(C)C. The van der Waals surface area contributed by atoms with Gasteiger partial charge in [0.15, 0.2) is 0 Å². The van der Waals surface area contributed by atoms with Crippen LogP contribution in [0, 0.1) is 0 Å². The second-order valence-corrected chi connectivity index (χ2v) is 9.66. The summed E-state index contributed by atoms with van der Waals surface area (Å²) in [7, 11) is 0. The summed E-state index contributed by atoms with van der Waals surface area (Å²) in [6.07, 6.45) is 0. The van der Waals surface area contributed by atoms with E-state index in [4.69, 9.17) is 9.47 Å². The molecule has 0 aliphatic heterocycles. The summed E-state index contributed by atoms with van der Waals surface area (Å²) in [4.78, 5) is 24.1. The average Bonchev–Trinajstić information content (AvgIpc) is 2.34. The highest BCUT2D eigenvalue weighted by molar-refractivity contribution is 14.1. The van der Waals surface area contributed by atoms with E-state index < -0.39 is 0 Å². The monoisotopic (exact) mass is 526 g/mol. The summed E-state index contributed by atoms with van der Waals surface area (Å²) >= 11 is 4.08. The maximum Gasteiger partial charge on any atom is 0.318 e. The zero-order chi connectivity index (χ0) is 16.6. The first-order valence-corrected chi connectivity index (χ1v) is 9.51. The molecular formula is C14H26I2NO4+. The highest BCUT2D eigenvalue weighted by Gasteiger charge is 2.26. The number of halogens is 2. The predicted octanol–water partition coefficient (Wildman–Crippen LogP) is 1.40. The fourth-order valence-electron chi connectivity index (χ4n) is 1.65. The van der Waals surface area contributed by atoms with Gasteiger partial charge in [-0.1, -0.05) is 45.2 Å². The van der Waals surface area contributed by atoms with Crippen molar-refractivity contribution in [3.05, 3.63) is 0 Å². The third-order valence-corrected chi connectivity index (χ3v) is 4.02. The van der Waals surface area contributed by atoms with Crippen molar-refractivity contribution in [2.45, 2.75) is 48.0 Å². The molecule has 0 saturated heterocycles. The van der Waals surface area contributed by atoms with E-state index in [0.717, 1.165) is 0 Å². The largest absolute Gasteiger partial charge is 0.459 e. The summed E-state index contributed by atoms with van der Waals surface area (Å²) in [5.41, 5.74) is 0.00466. The number of alkyl halides is 2. The van der Waals surface area contributed by atoms with E-state index in [-0.39, 0.29) is 25.3 Å². The van der Waals surface area contributed by atoms with Crippen molar-refractivity contribution in [2.24, 2.45) is 0 Å². The Kier molecular flexibility index (Phi) is 10.4. The molecule has 1 N–H and O–H groups in total. The molecule has 0 rings (SSSR count). The second-order valence-electron chi connectivity index (χ2n) is 5.92. The number of carbonyl (C=O) groups is 2. The van der Waals surface area contributed by atoms with Crippen LogP contribution in [0.2, 0.25) is 0 Å². The summed E-state index contributed by atoms with van der Waals surface area (Å²) < 4.78 is 10.2. The standard InChI is InChI=1S/C14H25I2NO4/c1-10(15)12(18)20-8-6-17(14(3,4)5)7-9-21-13(19)11(2)16/h10-11H,6-9H2,1-5H3/p+1. The lowest BCUT2D eigenvalue weighted by Crippen LogP contribution is -3.19. The molecule has 7 heteroatoms. The normalized spacial score (nSPS) is 16.0. The lowest BCUT2D eigenvalue weighted by Gasteiger charge is -2.32. The number of carbonyl (C=O) groups excluding carboxylic acids is 2. The van der Waals surface area contributed by atoms with Crippen molar-refractivity contribution in [3.8, 4) is 0 Å². The van der Waals surface area contributed by atoms with E-state index in [9.17, 15) is 9.59 Å². The molecule has 0 aromatic rings. The highest BCUT2D eigenvalue weighted by atomic mass is 127. The van der Waals surface area contributed by atoms with Crippen molar-refractivity contribution >= 4 is 57.1 Å². The van der Waals surface area contributed by atoms with Crippen LogP contribution < -0.4 is 4.90 Å². The van der Waals surface area contributed by atoms with Crippen LogP contribution in [0.25, 0.3) is 0 Å². The fraction of sp³-hybridized carbons (Fsp3) is 0.857. The Labute approximate surface area is 154 Å².